The van der Waals surface area contributed by atoms with Crippen molar-refractivity contribution >= 4 is 5.91 Å². The van der Waals surface area contributed by atoms with Gasteiger partial charge in [-0.25, -0.2) is 0 Å². The zero-order chi connectivity index (χ0) is 15.5. The zero-order valence-corrected chi connectivity index (χ0v) is 14.2. The van der Waals surface area contributed by atoms with E-state index in [0.29, 0.717) is 5.91 Å². The third kappa shape index (κ3) is 3.83. The lowest BCUT2D eigenvalue weighted by atomic mass is 9.85. The molecule has 2 unspecified atom stereocenters. The van der Waals surface area contributed by atoms with Crippen molar-refractivity contribution in [3.8, 4) is 0 Å². The van der Waals surface area contributed by atoms with Crippen LogP contribution in [0.1, 0.15) is 58.3 Å². The number of carbonyl (C=O) groups is 1. The molecule has 0 aromatic carbocycles. The van der Waals surface area contributed by atoms with Crippen molar-refractivity contribution in [3.63, 3.8) is 0 Å². The Labute approximate surface area is 135 Å². The van der Waals surface area contributed by atoms with E-state index >= 15 is 0 Å². The third-order valence-corrected chi connectivity index (χ3v) is 6.19. The SMILES string of the molecule is CC1CCC(N2CCN(C(=O)C3CCCC(N)C3)CC2)CC1. The van der Waals surface area contributed by atoms with E-state index in [-0.39, 0.29) is 12.0 Å². The largest absolute Gasteiger partial charge is 0.340 e. The lowest BCUT2D eigenvalue weighted by molar-refractivity contribution is -0.139. The Morgan fingerprint density at radius 2 is 1.64 bits per heavy atom. The average molecular weight is 307 g/mol. The van der Waals surface area contributed by atoms with Gasteiger partial charge < -0.3 is 10.6 Å². The van der Waals surface area contributed by atoms with Gasteiger partial charge in [-0.15, -0.1) is 0 Å². The van der Waals surface area contributed by atoms with Crippen molar-refractivity contribution in [2.24, 2.45) is 17.6 Å². The molecule has 1 heterocycles. The summed E-state index contributed by atoms with van der Waals surface area (Å²) in [7, 11) is 0. The van der Waals surface area contributed by atoms with Crippen LogP contribution in [0.25, 0.3) is 0 Å². The van der Waals surface area contributed by atoms with Gasteiger partial charge in [-0.05, 0) is 50.9 Å². The molecule has 0 aromatic heterocycles. The van der Waals surface area contributed by atoms with E-state index in [1.54, 1.807) is 0 Å². The fourth-order valence-corrected chi connectivity index (χ4v) is 4.63. The van der Waals surface area contributed by atoms with Crippen LogP contribution in [-0.2, 0) is 4.79 Å². The van der Waals surface area contributed by atoms with Crippen LogP contribution in [0.5, 0.6) is 0 Å². The van der Waals surface area contributed by atoms with Gasteiger partial charge in [-0.2, -0.15) is 0 Å². The van der Waals surface area contributed by atoms with E-state index in [9.17, 15) is 4.79 Å². The standard InChI is InChI=1S/C18H33N3O/c1-14-5-7-17(8-6-14)20-9-11-21(12-10-20)18(22)15-3-2-4-16(19)13-15/h14-17H,2-13,19H2,1H3. The summed E-state index contributed by atoms with van der Waals surface area (Å²) in [6.07, 6.45) is 9.63. The lowest BCUT2D eigenvalue weighted by Gasteiger charge is -2.42. The van der Waals surface area contributed by atoms with Gasteiger partial charge in [0.05, 0.1) is 0 Å². The summed E-state index contributed by atoms with van der Waals surface area (Å²) >= 11 is 0. The molecule has 0 bridgehead atoms. The second-order valence-electron chi connectivity index (χ2n) is 7.90. The first kappa shape index (κ1) is 16.3. The van der Waals surface area contributed by atoms with Gasteiger partial charge in [0, 0.05) is 44.2 Å². The van der Waals surface area contributed by atoms with Crippen molar-refractivity contribution in [1.82, 2.24) is 9.80 Å². The minimum absolute atomic E-state index is 0.200. The maximum atomic E-state index is 12.7. The first-order valence-electron chi connectivity index (χ1n) is 9.42. The molecule has 1 amide bonds. The highest BCUT2D eigenvalue weighted by atomic mass is 16.2. The fraction of sp³-hybridized carbons (Fsp3) is 0.944. The molecule has 4 nitrogen and oxygen atoms in total. The van der Waals surface area contributed by atoms with Crippen molar-refractivity contribution in [2.75, 3.05) is 26.2 Å². The quantitative estimate of drug-likeness (QED) is 0.851. The minimum Gasteiger partial charge on any atom is -0.340 e. The molecule has 2 aliphatic carbocycles. The molecule has 0 spiro atoms. The number of nitrogens with two attached hydrogens (primary N) is 1. The van der Waals surface area contributed by atoms with Crippen LogP contribution < -0.4 is 5.73 Å². The van der Waals surface area contributed by atoms with Crippen molar-refractivity contribution in [2.45, 2.75) is 70.4 Å². The summed E-state index contributed by atoms with van der Waals surface area (Å²) in [5.74, 6) is 1.49. The maximum Gasteiger partial charge on any atom is 0.225 e. The Bertz CT molecular complexity index is 371. The zero-order valence-electron chi connectivity index (χ0n) is 14.2. The Morgan fingerprint density at radius 3 is 2.27 bits per heavy atom. The third-order valence-electron chi connectivity index (χ3n) is 6.19. The molecule has 3 rings (SSSR count). The molecule has 1 saturated heterocycles. The van der Waals surface area contributed by atoms with Gasteiger partial charge in [0.1, 0.15) is 0 Å². The summed E-state index contributed by atoms with van der Waals surface area (Å²) in [6, 6.07) is 1.02. The van der Waals surface area contributed by atoms with E-state index in [4.69, 9.17) is 5.73 Å². The van der Waals surface area contributed by atoms with E-state index in [2.05, 4.69) is 16.7 Å². The van der Waals surface area contributed by atoms with E-state index in [1.807, 2.05) is 0 Å². The normalized spacial score (nSPS) is 38.0. The molecule has 126 valence electrons. The summed E-state index contributed by atoms with van der Waals surface area (Å²) in [5, 5.41) is 0. The van der Waals surface area contributed by atoms with Gasteiger partial charge in [-0.1, -0.05) is 13.3 Å². The number of carbonyl (C=O) groups excluding carboxylic acids is 1. The topological polar surface area (TPSA) is 49.6 Å². The number of rotatable bonds is 2. The number of piperazine rings is 1. The van der Waals surface area contributed by atoms with Gasteiger partial charge in [0.15, 0.2) is 0 Å². The first-order valence-corrected chi connectivity index (χ1v) is 9.42. The number of hydrogen-bond donors (Lipinski definition) is 1. The van der Waals surface area contributed by atoms with Crippen LogP contribution in [0.4, 0.5) is 0 Å². The van der Waals surface area contributed by atoms with Gasteiger partial charge >= 0.3 is 0 Å². The predicted octanol–water partition coefficient (Wildman–Crippen LogP) is 2.23. The Hall–Kier alpha value is -0.610. The highest BCUT2D eigenvalue weighted by Crippen LogP contribution is 2.29. The van der Waals surface area contributed by atoms with Crippen LogP contribution >= 0.6 is 0 Å². The van der Waals surface area contributed by atoms with E-state index in [1.165, 1.54) is 25.7 Å². The Balaban J connectivity index is 1.46. The monoisotopic (exact) mass is 307 g/mol. The van der Waals surface area contributed by atoms with E-state index in [0.717, 1.165) is 63.8 Å². The van der Waals surface area contributed by atoms with Crippen LogP contribution in [-0.4, -0.2) is 54.0 Å². The molecule has 2 atom stereocenters. The molecule has 0 radical (unpaired) electrons. The maximum absolute atomic E-state index is 12.7. The summed E-state index contributed by atoms with van der Waals surface area (Å²) in [5.41, 5.74) is 6.04. The summed E-state index contributed by atoms with van der Waals surface area (Å²) in [4.78, 5) is 17.4. The van der Waals surface area contributed by atoms with Gasteiger partial charge in [-0.3, -0.25) is 9.69 Å². The average Bonchev–Trinajstić information content (AvgIpc) is 2.55. The number of nitrogens with zero attached hydrogens (tertiary/aromatic N) is 2. The molecule has 2 N–H and O–H groups in total. The molecule has 2 saturated carbocycles. The molecule has 22 heavy (non-hydrogen) atoms. The first-order chi connectivity index (χ1) is 10.6. The molecule has 1 aliphatic heterocycles. The molecule has 0 aromatic rings. The summed E-state index contributed by atoms with van der Waals surface area (Å²) < 4.78 is 0. The van der Waals surface area contributed by atoms with Crippen molar-refractivity contribution < 1.29 is 4.79 Å². The molecular weight excluding hydrogens is 274 g/mol. The minimum atomic E-state index is 0.200. The molecular formula is C18H33N3O. The van der Waals surface area contributed by atoms with Crippen molar-refractivity contribution in [3.05, 3.63) is 0 Å². The fourth-order valence-electron chi connectivity index (χ4n) is 4.63. The smallest absolute Gasteiger partial charge is 0.225 e. The Morgan fingerprint density at radius 1 is 0.955 bits per heavy atom. The highest BCUT2D eigenvalue weighted by Gasteiger charge is 2.32. The second kappa shape index (κ2) is 7.31. The lowest BCUT2D eigenvalue weighted by Crippen LogP contribution is -2.54. The van der Waals surface area contributed by atoms with Crippen LogP contribution in [0.2, 0.25) is 0 Å². The molecule has 3 aliphatic rings. The van der Waals surface area contributed by atoms with Crippen LogP contribution in [0, 0.1) is 11.8 Å². The van der Waals surface area contributed by atoms with Gasteiger partial charge in [0.25, 0.3) is 0 Å². The molecule has 4 heteroatoms. The summed E-state index contributed by atoms with van der Waals surface area (Å²) in [6.45, 7) is 6.38. The Kier molecular flexibility index (Phi) is 5.40. The van der Waals surface area contributed by atoms with Crippen molar-refractivity contribution in [1.29, 1.82) is 0 Å². The number of amides is 1. The number of hydrogen-bond acceptors (Lipinski definition) is 3. The van der Waals surface area contributed by atoms with Crippen LogP contribution in [0.3, 0.4) is 0 Å². The van der Waals surface area contributed by atoms with E-state index < -0.39 is 0 Å². The van der Waals surface area contributed by atoms with Gasteiger partial charge in [0.2, 0.25) is 5.91 Å². The highest BCUT2D eigenvalue weighted by molar-refractivity contribution is 5.79. The van der Waals surface area contributed by atoms with Crippen LogP contribution in [0.15, 0.2) is 0 Å². The predicted molar refractivity (Wildman–Crippen MR) is 89.5 cm³/mol. The second-order valence-corrected chi connectivity index (χ2v) is 7.90. The molecule has 3 fully saturated rings.